The van der Waals surface area contributed by atoms with E-state index in [1.165, 1.54) is 6.92 Å². The van der Waals surface area contributed by atoms with Gasteiger partial charge in [0.25, 0.3) is 0 Å². The summed E-state index contributed by atoms with van der Waals surface area (Å²) < 4.78 is 116. The Morgan fingerprint density at radius 2 is 0.492 bits per heavy atom. The molecule has 50 atom stereocenters. The summed E-state index contributed by atoms with van der Waals surface area (Å²) in [6.07, 6.45) is -92.6. The molecule has 31 N–H and O–H groups in total. The van der Waals surface area contributed by atoms with Crippen molar-refractivity contribution in [1.29, 1.82) is 0 Å². The second-order valence-corrected chi connectivity index (χ2v) is 32.4. The minimum atomic E-state index is -2.66. The molecule has 0 aromatic carbocycles. The molecule has 0 saturated carbocycles. The monoisotopic (exact) mass is 1870 g/mol. The van der Waals surface area contributed by atoms with Crippen LogP contribution in [0.1, 0.15) is 48.5 Å². The molecule has 10 aliphatic heterocycles. The first kappa shape index (κ1) is 105. The molecule has 0 aromatic heterocycles. The first-order valence-corrected chi connectivity index (χ1v) is 41.0. The molecule has 56 heteroatoms. The van der Waals surface area contributed by atoms with E-state index in [-0.39, 0.29) is 0 Å². The smallest absolute Gasteiger partial charge is 0.217 e. The normalized spacial score (nSPS) is 47.8. The third kappa shape index (κ3) is 23.6. The van der Waals surface area contributed by atoms with E-state index in [0.717, 1.165) is 41.5 Å². The summed E-state index contributed by atoms with van der Waals surface area (Å²) in [6.45, 7) is -3.30. The highest BCUT2D eigenvalue weighted by atomic mass is 16.8. The Morgan fingerprint density at radius 3 is 0.898 bits per heavy atom. The fourth-order valence-electron chi connectivity index (χ4n) is 16.7. The zero-order chi connectivity index (χ0) is 94.4. The Balaban J connectivity index is 1.02. The molecule has 0 aromatic rings. The number of aliphatic hydroxyl groups is 25. The Kier molecular flexibility index (Phi) is 37.8. The van der Waals surface area contributed by atoms with E-state index in [1.54, 1.807) is 0 Å². The molecule has 10 heterocycles. The fourth-order valence-corrected chi connectivity index (χ4v) is 16.7. The summed E-state index contributed by atoms with van der Waals surface area (Å²) in [7, 11) is 0. The summed E-state index contributed by atoms with van der Waals surface area (Å²) in [4.78, 5) is 77.2. The van der Waals surface area contributed by atoms with Crippen LogP contribution in [0.25, 0.3) is 0 Å². The summed E-state index contributed by atoms with van der Waals surface area (Å²) in [5.41, 5.74) is 0. The highest BCUT2D eigenvalue weighted by Crippen LogP contribution is 2.42. The van der Waals surface area contributed by atoms with Gasteiger partial charge in [0.05, 0.1) is 65.6 Å². The summed E-state index contributed by atoms with van der Waals surface area (Å²) in [5.74, 6) is -5.45. The van der Waals surface area contributed by atoms with Gasteiger partial charge in [0, 0.05) is 41.5 Å². The van der Waals surface area contributed by atoms with Crippen molar-refractivity contribution < 1.29 is 246 Å². The molecule has 0 unspecified atom stereocenters. The van der Waals surface area contributed by atoms with Crippen LogP contribution in [0.2, 0.25) is 0 Å². The number of nitrogens with one attached hydrogen (secondary N) is 6. The Hall–Kier alpha value is -4.94. The molecule has 128 heavy (non-hydrogen) atoms. The van der Waals surface area contributed by atoms with Crippen LogP contribution >= 0.6 is 0 Å². The summed E-state index contributed by atoms with van der Waals surface area (Å²) in [5, 5.41) is 297. The second kappa shape index (κ2) is 46.1. The van der Waals surface area contributed by atoms with Gasteiger partial charge in [-0.25, -0.2) is 0 Å². The van der Waals surface area contributed by atoms with Gasteiger partial charge in [-0.2, -0.15) is 0 Å². The van der Waals surface area contributed by atoms with Crippen LogP contribution in [0.4, 0.5) is 0 Å². The van der Waals surface area contributed by atoms with E-state index in [2.05, 4.69) is 31.9 Å². The van der Waals surface area contributed by atoms with Gasteiger partial charge < -0.3 is 250 Å². The van der Waals surface area contributed by atoms with E-state index in [9.17, 15) is 156 Å². The molecule has 56 nitrogen and oxygen atoms in total. The molecule has 10 saturated heterocycles. The van der Waals surface area contributed by atoms with E-state index >= 15 is 0 Å². The van der Waals surface area contributed by atoms with Crippen molar-refractivity contribution in [3.63, 3.8) is 0 Å². The lowest BCUT2D eigenvalue weighted by Gasteiger charge is -2.52. The van der Waals surface area contributed by atoms with Gasteiger partial charge in [0.15, 0.2) is 62.9 Å². The van der Waals surface area contributed by atoms with E-state index in [4.69, 9.17) is 90.0 Å². The molecule has 10 rings (SSSR count). The lowest BCUT2D eigenvalue weighted by molar-refractivity contribution is -0.402. The fraction of sp³-hybridized carbons (Fsp3) is 0.917. The molecule has 738 valence electrons. The number of rotatable bonds is 33. The molecule has 6 amide bonds. The average molecular weight is 1870 g/mol. The van der Waals surface area contributed by atoms with Crippen LogP contribution in [0, 0.1) is 0 Å². The summed E-state index contributed by atoms with van der Waals surface area (Å²) >= 11 is 0. The van der Waals surface area contributed by atoms with Crippen LogP contribution in [0.15, 0.2) is 0 Å². The van der Waals surface area contributed by atoms with Crippen molar-refractivity contribution in [2.75, 3.05) is 59.5 Å². The molecular formula is C72H120N6O50. The maximum Gasteiger partial charge on any atom is 0.217 e. The van der Waals surface area contributed by atoms with E-state index in [1.807, 2.05) is 0 Å². The maximum absolute atomic E-state index is 13.7. The van der Waals surface area contributed by atoms with Crippen molar-refractivity contribution >= 4 is 35.4 Å². The molecule has 10 fully saturated rings. The van der Waals surface area contributed by atoms with Gasteiger partial charge in [0.2, 0.25) is 35.4 Å². The molecule has 0 spiro atoms. The first-order chi connectivity index (χ1) is 60.5. The SMILES string of the molecule is CC(=O)N[C@@H]1[C@@H](O)[C@H](O[C@@H]2O[C@H](CO)[C@@H](O[C@@H]3O[C@H](CO[C@H]4O[C@H](CO)[C@@H](O)[C@H](O)[C@@H]4O[C@@H]4O[C@H](CO)[C@@H](O[C@@H]5O[C@H](CO)[C@H](O)[C@H](O)[C@H]5NC(C)=O)[C@H](O)[C@H]4NC(C)=O)[C@@H](O)[C@H](O[C@H]4O[C@H](CO)[C@@H](O)[C@H](O)[C@@H]4O[C@@H]4O[C@H](CO)[C@@H](O[C@@H]5O[C@H](CO)[C@H](O)[C@H](O)[C@H]5NC(C)=O)[C@H](O[C@@H]5O[C@@H](C)[C@@H](O)[C@@H](O)[C@@H]5O)[C@H]4NC(C)=O)[C@@H]3O)[C@H](O)[C@H]2NC(C)=O)[C@@H](CO)O[C@H]1O. The Bertz CT molecular complexity index is 3550. The van der Waals surface area contributed by atoms with Crippen LogP contribution in [0.5, 0.6) is 0 Å². The molecule has 0 aliphatic carbocycles. The minimum absolute atomic E-state index is 0.807. The topological polar surface area (TPSA) is 856 Å². The van der Waals surface area contributed by atoms with E-state index in [0.29, 0.717) is 0 Å². The zero-order valence-electron chi connectivity index (χ0n) is 69.6. The lowest BCUT2D eigenvalue weighted by atomic mass is 9.93. The molecule has 0 radical (unpaired) electrons. The largest absolute Gasteiger partial charge is 0.394 e. The van der Waals surface area contributed by atoms with Crippen LogP contribution in [0.3, 0.4) is 0 Å². The molecule has 10 aliphatic rings. The predicted molar refractivity (Wildman–Crippen MR) is 398 cm³/mol. The van der Waals surface area contributed by atoms with Crippen LogP contribution in [-0.4, -0.2) is 529 Å². The lowest BCUT2D eigenvalue weighted by Crippen LogP contribution is -2.72. The number of hydrogen-bond acceptors (Lipinski definition) is 50. The van der Waals surface area contributed by atoms with Crippen LogP contribution in [-0.2, 0) is 119 Å². The van der Waals surface area contributed by atoms with Crippen molar-refractivity contribution in [3.05, 3.63) is 0 Å². The number of carbonyl (C=O) groups is 6. The maximum atomic E-state index is 13.7. The number of carbonyl (C=O) groups excluding carboxylic acids is 6. The second-order valence-electron chi connectivity index (χ2n) is 32.4. The standard InChI is InChI=1S/C72H120N6O50/c1-17-39(93)50(104)53(107)69(111-17)125-59-38(78-23(7)92)68(119-31(15-86)58(59)124-65-35(75-20(4)89)46(100)41(95)25(9-80)114-65)128-62-52(106)43(97)27(11-82)116-72(62)126-60-44(98)32(120-70(54(60)108)123-57-30(14-85)117-66(36(49(57)103)76-21(5)90)121-55-28(12-83)112-63(109)33(47(55)101)73-18(2)87)16-110-71-61(51(105)42(96)26(10-81)115-71)127-67-37(77-22(6)91)48(102)56(29(13-84)118-67)122-64-34(74-19(3)88)45(99)40(94)24(8-79)113-64/h17,24-72,79-86,93-109H,8-16H2,1-7H3,(H,73,87)(H,74,88)(H,75,89)(H,76,90)(H,77,91)(H,78,92)/t17-,24+,25+,26+,27+,28+,29+,30+,31+,32+,33+,34+,35+,36+,37+,38+,39+,40-,41-,42+,43+,44+,45+,46+,47+,48+,49+,50+,51-,52-,53-,54-,55+,56+,57+,58+,59+,60-,61-,62-,63+,64-,65-,66-,67-,68-,69-,70-,71-,72+/m0/s1. The summed E-state index contributed by atoms with van der Waals surface area (Å²) in [6, 6.07) is -11.1. The highest BCUT2D eigenvalue weighted by Gasteiger charge is 2.63. The number of aliphatic hydroxyl groups excluding tert-OH is 25. The first-order valence-electron chi connectivity index (χ1n) is 41.0. The van der Waals surface area contributed by atoms with Gasteiger partial charge in [-0.15, -0.1) is 0 Å². The molecule has 0 bridgehead atoms. The van der Waals surface area contributed by atoms with Crippen molar-refractivity contribution in [2.24, 2.45) is 0 Å². The van der Waals surface area contributed by atoms with Gasteiger partial charge in [-0.3, -0.25) is 28.8 Å². The van der Waals surface area contributed by atoms with Gasteiger partial charge in [0.1, 0.15) is 238 Å². The van der Waals surface area contributed by atoms with Crippen molar-refractivity contribution in [3.8, 4) is 0 Å². The number of hydrogen-bond donors (Lipinski definition) is 31. The van der Waals surface area contributed by atoms with Gasteiger partial charge in [-0.05, 0) is 6.92 Å². The number of ether oxygens (including phenoxy) is 19. The van der Waals surface area contributed by atoms with E-state index < -0.39 is 402 Å². The minimum Gasteiger partial charge on any atom is -0.394 e. The molecular weight excluding hydrogens is 1750 g/mol. The zero-order valence-corrected chi connectivity index (χ0v) is 69.6. The van der Waals surface area contributed by atoms with Gasteiger partial charge >= 0.3 is 0 Å². The Labute approximate surface area is 726 Å². The third-order valence-corrected chi connectivity index (χ3v) is 23.2. The third-order valence-electron chi connectivity index (χ3n) is 23.2. The van der Waals surface area contributed by atoms with Crippen molar-refractivity contribution in [2.45, 2.75) is 355 Å². The quantitative estimate of drug-likeness (QED) is 0.0290. The average Bonchev–Trinajstić information content (AvgIpc) is 0.754. The Morgan fingerprint density at radius 1 is 0.219 bits per heavy atom. The highest BCUT2D eigenvalue weighted by molar-refractivity contribution is 5.75. The number of amides is 6. The predicted octanol–water partition coefficient (Wildman–Crippen LogP) is -20.9. The van der Waals surface area contributed by atoms with Crippen LogP contribution < -0.4 is 31.9 Å². The van der Waals surface area contributed by atoms with Crippen molar-refractivity contribution in [1.82, 2.24) is 31.9 Å². The van der Waals surface area contributed by atoms with Gasteiger partial charge in [-0.1, -0.05) is 0 Å².